The lowest BCUT2D eigenvalue weighted by Gasteiger charge is -2.13. The maximum Gasteiger partial charge on any atom is 0.161 e. The second-order valence-electron chi connectivity index (χ2n) is 4.51. The van der Waals surface area contributed by atoms with Gasteiger partial charge in [0.05, 0.1) is 14.2 Å². The molecule has 106 valence electrons. The van der Waals surface area contributed by atoms with Crippen LogP contribution >= 0.6 is 0 Å². The molecule has 0 spiro atoms. The number of aryl methyl sites for hydroxylation is 1. The Bertz CT molecular complexity index is 543. The molecule has 0 aliphatic heterocycles. The van der Waals surface area contributed by atoms with Crippen LogP contribution in [-0.4, -0.2) is 14.2 Å². The molecule has 2 rings (SSSR count). The molecule has 0 bridgehead atoms. The SMILES string of the molecule is COc1cc(N)ccc1COc1ccc(C)cc1OC. The molecule has 0 aliphatic rings. The average molecular weight is 273 g/mol. The first-order valence-electron chi connectivity index (χ1n) is 6.34. The molecular weight excluding hydrogens is 254 g/mol. The Labute approximate surface area is 119 Å². The van der Waals surface area contributed by atoms with E-state index in [-0.39, 0.29) is 0 Å². The van der Waals surface area contributed by atoms with Crippen molar-refractivity contribution in [3.8, 4) is 17.2 Å². The Morgan fingerprint density at radius 1 is 0.900 bits per heavy atom. The van der Waals surface area contributed by atoms with E-state index in [0.29, 0.717) is 18.0 Å². The molecule has 2 N–H and O–H groups in total. The Kier molecular flexibility index (Phi) is 4.35. The van der Waals surface area contributed by atoms with Crippen molar-refractivity contribution in [2.24, 2.45) is 0 Å². The van der Waals surface area contributed by atoms with E-state index in [1.54, 1.807) is 20.3 Å². The van der Waals surface area contributed by atoms with Crippen LogP contribution in [0.15, 0.2) is 36.4 Å². The molecule has 0 unspecified atom stereocenters. The monoisotopic (exact) mass is 273 g/mol. The number of rotatable bonds is 5. The first kappa shape index (κ1) is 14.1. The van der Waals surface area contributed by atoms with Crippen molar-refractivity contribution in [3.05, 3.63) is 47.5 Å². The van der Waals surface area contributed by atoms with Crippen molar-refractivity contribution >= 4 is 5.69 Å². The standard InChI is InChI=1S/C16H19NO3/c1-11-4-7-14(16(8-11)19-3)20-10-12-5-6-13(17)9-15(12)18-2/h4-9H,10,17H2,1-3H3. The van der Waals surface area contributed by atoms with Crippen molar-refractivity contribution in [2.75, 3.05) is 20.0 Å². The summed E-state index contributed by atoms with van der Waals surface area (Å²) in [6.45, 7) is 2.40. The normalized spacial score (nSPS) is 10.2. The van der Waals surface area contributed by atoms with Gasteiger partial charge in [0, 0.05) is 17.3 Å². The van der Waals surface area contributed by atoms with Crippen LogP contribution in [-0.2, 0) is 6.61 Å². The van der Waals surface area contributed by atoms with Crippen molar-refractivity contribution in [3.63, 3.8) is 0 Å². The fourth-order valence-electron chi connectivity index (χ4n) is 1.93. The minimum atomic E-state index is 0.392. The van der Waals surface area contributed by atoms with Crippen LogP contribution in [0, 0.1) is 6.92 Å². The number of ether oxygens (including phenoxy) is 3. The van der Waals surface area contributed by atoms with Gasteiger partial charge < -0.3 is 19.9 Å². The molecule has 4 heteroatoms. The number of hydrogen-bond acceptors (Lipinski definition) is 4. The largest absolute Gasteiger partial charge is 0.496 e. The summed E-state index contributed by atoms with van der Waals surface area (Å²) in [6.07, 6.45) is 0. The second kappa shape index (κ2) is 6.19. The summed E-state index contributed by atoms with van der Waals surface area (Å²) in [6, 6.07) is 11.3. The maximum absolute atomic E-state index is 5.81. The molecule has 0 saturated heterocycles. The predicted octanol–water partition coefficient (Wildman–Crippen LogP) is 3.17. The van der Waals surface area contributed by atoms with Crippen LogP contribution < -0.4 is 19.9 Å². The molecule has 2 aromatic rings. The van der Waals surface area contributed by atoms with Crippen molar-refractivity contribution < 1.29 is 14.2 Å². The highest BCUT2D eigenvalue weighted by Crippen LogP contribution is 2.30. The molecule has 4 nitrogen and oxygen atoms in total. The third kappa shape index (κ3) is 3.15. The van der Waals surface area contributed by atoms with Gasteiger partial charge in [0.25, 0.3) is 0 Å². The first-order chi connectivity index (χ1) is 9.63. The Hall–Kier alpha value is -2.36. The van der Waals surface area contributed by atoms with Gasteiger partial charge >= 0.3 is 0 Å². The third-order valence-corrected chi connectivity index (χ3v) is 3.01. The van der Waals surface area contributed by atoms with E-state index < -0.39 is 0 Å². The Balaban J connectivity index is 2.16. The fourth-order valence-corrected chi connectivity index (χ4v) is 1.93. The van der Waals surface area contributed by atoms with E-state index in [0.717, 1.165) is 22.6 Å². The van der Waals surface area contributed by atoms with Crippen LogP contribution in [0.5, 0.6) is 17.2 Å². The highest BCUT2D eigenvalue weighted by atomic mass is 16.5. The van der Waals surface area contributed by atoms with Crippen LogP contribution in [0.1, 0.15) is 11.1 Å². The third-order valence-electron chi connectivity index (χ3n) is 3.01. The zero-order chi connectivity index (χ0) is 14.5. The molecule has 0 atom stereocenters. The van der Waals surface area contributed by atoms with E-state index in [2.05, 4.69) is 0 Å². The van der Waals surface area contributed by atoms with E-state index in [9.17, 15) is 0 Å². The van der Waals surface area contributed by atoms with Gasteiger partial charge in [0.2, 0.25) is 0 Å². The van der Waals surface area contributed by atoms with Gasteiger partial charge in [-0.15, -0.1) is 0 Å². The summed E-state index contributed by atoms with van der Waals surface area (Å²) in [7, 11) is 3.25. The van der Waals surface area contributed by atoms with E-state index in [4.69, 9.17) is 19.9 Å². The second-order valence-corrected chi connectivity index (χ2v) is 4.51. The van der Waals surface area contributed by atoms with Gasteiger partial charge in [-0.1, -0.05) is 6.07 Å². The molecule has 0 heterocycles. The first-order valence-corrected chi connectivity index (χ1v) is 6.34. The van der Waals surface area contributed by atoms with E-state index >= 15 is 0 Å². The molecule has 2 aromatic carbocycles. The van der Waals surface area contributed by atoms with Gasteiger partial charge in [-0.05, 0) is 36.8 Å². The lowest BCUT2D eigenvalue weighted by molar-refractivity contribution is 0.278. The van der Waals surface area contributed by atoms with Gasteiger partial charge in [-0.2, -0.15) is 0 Å². The van der Waals surface area contributed by atoms with Crippen LogP contribution in [0.3, 0.4) is 0 Å². The lowest BCUT2D eigenvalue weighted by atomic mass is 10.2. The smallest absolute Gasteiger partial charge is 0.161 e. The minimum Gasteiger partial charge on any atom is -0.496 e. The summed E-state index contributed by atoms with van der Waals surface area (Å²) in [5, 5.41) is 0. The molecule has 0 amide bonds. The zero-order valence-corrected chi connectivity index (χ0v) is 12.0. The Morgan fingerprint density at radius 2 is 1.65 bits per heavy atom. The highest BCUT2D eigenvalue weighted by Gasteiger charge is 2.08. The summed E-state index contributed by atoms with van der Waals surface area (Å²) in [5.74, 6) is 2.15. The number of anilines is 1. The molecular formula is C16H19NO3. The van der Waals surface area contributed by atoms with E-state index in [1.807, 2.05) is 37.3 Å². The van der Waals surface area contributed by atoms with Crippen molar-refractivity contribution in [2.45, 2.75) is 13.5 Å². The van der Waals surface area contributed by atoms with Gasteiger partial charge in [0.1, 0.15) is 12.4 Å². The van der Waals surface area contributed by atoms with Crippen LogP contribution in [0.2, 0.25) is 0 Å². The quantitative estimate of drug-likeness (QED) is 0.850. The minimum absolute atomic E-state index is 0.392. The molecule has 0 saturated carbocycles. The topological polar surface area (TPSA) is 53.7 Å². The number of nitrogens with two attached hydrogens (primary N) is 1. The summed E-state index contributed by atoms with van der Waals surface area (Å²) in [4.78, 5) is 0. The number of methoxy groups -OCH3 is 2. The molecule has 0 aliphatic carbocycles. The maximum atomic E-state index is 5.81. The van der Waals surface area contributed by atoms with Crippen LogP contribution in [0.25, 0.3) is 0 Å². The number of benzene rings is 2. The predicted molar refractivity (Wildman–Crippen MR) is 79.5 cm³/mol. The van der Waals surface area contributed by atoms with Crippen molar-refractivity contribution in [1.29, 1.82) is 0 Å². The average Bonchev–Trinajstić information content (AvgIpc) is 2.46. The zero-order valence-electron chi connectivity index (χ0n) is 12.0. The van der Waals surface area contributed by atoms with Gasteiger partial charge in [-0.25, -0.2) is 0 Å². The van der Waals surface area contributed by atoms with Crippen LogP contribution in [0.4, 0.5) is 5.69 Å². The van der Waals surface area contributed by atoms with Gasteiger partial charge in [-0.3, -0.25) is 0 Å². The summed E-state index contributed by atoms with van der Waals surface area (Å²) >= 11 is 0. The van der Waals surface area contributed by atoms with E-state index in [1.165, 1.54) is 0 Å². The van der Waals surface area contributed by atoms with Gasteiger partial charge in [0.15, 0.2) is 11.5 Å². The van der Waals surface area contributed by atoms with Crippen molar-refractivity contribution in [1.82, 2.24) is 0 Å². The summed E-state index contributed by atoms with van der Waals surface area (Å²) < 4.78 is 16.4. The number of hydrogen-bond donors (Lipinski definition) is 1. The summed E-state index contributed by atoms with van der Waals surface area (Å²) in [5.41, 5.74) is 8.46. The fraction of sp³-hybridized carbons (Fsp3) is 0.250. The molecule has 0 fully saturated rings. The molecule has 0 radical (unpaired) electrons. The highest BCUT2D eigenvalue weighted by molar-refractivity contribution is 5.49. The molecule has 0 aromatic heterocycles. The number of nitrogen functional groups attached to an aromatic ring is 1. The lowest BCUT2D eigenvalue weighted by Crippen LogP contribution is -2.01. The molecule has 20 heavy (non-hydrogen) atoms. The Morgan fingerprint density at radius 3 is 2.35 bits per heavy atom.